The van der Waals surface area contributed by atoms with Gasteiger partial charge in [0.15, 0.2) is 5.78 Å². The predicted molar refractivity (Wildman–Crippen MR) is 86.0 cm³/mol. The largest absolute Gasteiger partial charge is 0.339 e. The van der Waals surface area contributed by atoms with Crippen LogP contribution in [0.4, 0.5) is 4.79 Å². The summed E-state index contributed by atoms with van der Waals surface area (Å²) in [7, 11) is 3.33. The molecule has 0 heterocycles. The molecule has 0 aliphatic rings. The van der Waals surface area contributed by atoms with Crippen LogP contribution < -0.4 is 0 Å². The molecule has 0 fully saturated rings. The monoisotopic (exact) mass is 310 g/mol. The van der Waals surface area contributed by atoms with Gasteiger partial charge in [0.2, 0.25) is 0 Å². The minimum atomic E-state index is -0.167. The fraction of sp³-hybridized carbons (Fsp3) is 0.118. The molecule has 0 aliphatic heterocycles. The molecule has 0 aromatic heterocycles. The maximum absolute atomic E-state index is 12.6. The van der Waals surface area contributed by atoms with E-state index in [1.54, 1.807) is 62.6 Å². The zero-order valence-electron chi connectivity index (χ0n) is 12.2. The third-order valence-electron chi connectivity index (χ3n) is 2.97. The van der Waals surface area contributed by atoms with Crippen molar-refractivity contribution >= 4 is 22.8 Å². The van der Waals surface area contributed by atoms with Gasteiger partial charge in [0.1, 0.15) is 0 Å². The summed E-state index contributed by atoms with van der Waals surface area (Å²) in [6.45, 7) is 0. The molecule has 1 amide bonds. The summed E-state index contributed by atoms with van der Waals surface area (Å²) in [5, 5.41) is 8.66. The van der Waals surface area contributed by atoms with Gasteiger partial charge < -0.3 is 4.90 Å². The average Bonchev–Trinajstić information content (AvgIpc) is 2.54. The van der Waals surface area contributed by atoms with Gasteiger partial charge in [-0.05, 0) is 48.2 Å². The van der Waals surface area contributed by atoms with Gasteiger partial charge in [-0.25, -0.2) is 0 Å². The van der Waals surface area contributed by atoms with E-state index < -0.39 is 0 Å². The number of thioether (sulfide) groups is 1. The van der Waals surface area contributed by atoms with E-state index >= 15 is 0 Å². The van der Waals surface area contributed by atoms with Crippen molar-refractivity contribution in [1.29, 1.82) is 5.26 Å². The molecule has 22 heavy (non-hydrogen) atoms. The summed E-state index contributed by atoms with van der Waals surface area (Å²) in [5.41, 5.74) is 1.47. The lowest BCUT2D eigenvalue weighted by Gasteiger charge is -2.11. The van der Waals surface area contributed by atoms with Gasteiger partial charge >= 0.3 is 0 Å². The summed E-state index contributed by atoms with van der Waals surface area (Å²) in [6, 6.07) is 15.5. The van der Waals surface area contributed by atoms with E-state index in [1.807, 2.05) is 6.07 Å². The molecule has 0 radical (unpaired) electrons. The first kappa shape index (κ1) is 15.8. The van der Waals surface area contributed by atoms with Crippen LogP contribution >= 0.6 is 11.8 Å². The fourth-order valence-electron chi connectivity index (χ4n) is 1.78. The second kappa shape index (κ2) is 6.92. The number of amides is 1. The number of nitrogens with zero attached hydrogens (tertiary/aromatic N) is 2. The van der Waals surface area contributed by atoms with Crippen molar-refractivity contribution in [1.82, 2.24) is 4.90 Å². The van der Waals surface area contributed by atoms with Crippen molar-refractivity contribution in [2.75, 3.05) is 14.1 Å². The van der Waals surface area contributed by atoms with Gasteiger partial charge in [0.25, 0.3) is 5.24 Å². The van der Waals surface area contributed by atoms with Crippen molar-refractivity contribution in [3.63, 3.8) is 0 Å². The van der Waals surface area contributed by atoms with Crippen LogP contribution in [0.5, 0.6) is 0 Å². The number of ketones is 1. The molecule has 5 heteroatoms. The normalized spacial score (nSPS) is 9.86. The Kier molecular flexibility index (Phi) is 4.97. The Morgan fingerprint density at radius 1 is 1.05 bits per heavy atom. The van der Waals surface area contributed by atoms with Crippen LogP contribution in [0.25, 0.3) is 0 Å². The van der Waals surface area contributed by atoms with E-state index in [2.05, 4.69) is 0 Å². The molecule has 2 aromatic rings. The Labute approximate surface area is 133 Å². The van der Waals surface area contributed by atoms with Crippen LogP contribution in [0, 0.1) is 11.3 Å². The third-order valence-corrected chi connectivity index (χ3v) is 4.09. The number of nitriles is 1. The lowest BCUT2D eigenvalue weighted by Crippen LogP contribution is -2.16. The highest BCUT2D eigenvalue weighted by molar-refractivity contribution is 8.13. The summed E-state index contributed by atoms with van der Waals surface area (Å²) < 4.78 is 0. The Morgan fingerprint density at radius 2 is 1.68 bits per heavy atom. The minimum Gasteiger partial charge on any atom is -0.339 e. The van der Waals surface area contributed by atoms with E-state index in [4.69, 9.17) is 5.26 Å². The third kappa shape index (κ3) is 3.54. The van der Waals surface area contributed by atoms with Gasteiger partial charge in [-0.1, -0.05) is 12.1 Å². The second-order valence-corrected chi connectivity index (χ2v) is 5.77. The Hall–Kier alpha value is -2.58. The first-order chi connectivity index (χ1) is 10.5. The molecule has 0 spiro atoms. The molecule has 0 saturated heterocycles. The smallest absolute Gasteiger partial charge is 0.285 e. The van der Waals surface area contributed by atoms with Gasteiger partial charge in [0, 0.05) is 30.1 Å². The number of benzene rings is 2. The number of hydrogen-bond acceptors (Lipinski definition) is 4. The summed E-state index contributed by atoms with van der Waals surface area (Å²) >= 11 is 1.02. The molecular formula is C17H14N2O2S. The van der Waals surface area contributed by atoms with Gasteiger partial charge in [-0.2, -0.15) is 5.26 Å². The van der Waals surface area contributed by atoms with Crippen LogP contribution in [-0.4, -0.2) is 30.0 Å². The van der Waals surface area contributed by atoms with Crippen LogP contribution in [0.2, 0.25) is 0 Å². The molecule has 0 saturated carbocycles. The van der Waals surface area contributed by atoms with E-state index in [0.29, 0.717) is 21.6 Å². The molecule has 4 nitrogen and oxygen atoms in total. The minimum absolute atomic E-state index is 0.139. The Balaban J connectivity index is 2.33. The SMILES string of the molecule is CN(C)C(=O)Sc1ccccc1C(=O)c1ccc(C#N)cc1. The topological polar surface area (TPSA) is 61.2 Å². The summed E-state index contributed by atoms with van der Waals surface area (Å²) in [6.07, 6.45) is 0. The van der Waals surface area contributed by atoms with Crippen LogP contribution in [0.15, 0.2) is 53.4 Å². The maximum atomic E-state index is 12.6. The van der Waals surface area contributed by atoms with Crippen molar-refractivity contribution < 1.29 is 9.59 Å². The molecular weight excluding hydrogens is 296 g/mol. The number of carbonyl (C=O) groups excluding carboxylic acids is 2. The zero-order valence-corrected chi connectivity index (χ0v) is 13.1. The molecule has 2 rings (SSSR count). The molecule has 0 unspecified atom stereocenters. The maximum Gasteiger partial charge on any atom is 0.285 e. The standard InChI is InChI=1S/C17H14N2O2S/c1-19(2)17(21)22-15-6-4-3-5-14(15)16(20)13-9-7-12(11-18)8-10-13/h3-10H,1-2H3. The molecule has 110 valence electrons. The highest BCUT2D eigenvalue weighted by atomic mass is 32.2. The lowest BCUT2D eigenvalue weighted by atomic mass is 10.0. The van der Waals surface area contributed by atoms with Crippen LogP contribution in [0.3, 0.4) is 0 Å². The number of hydrogen-bond donors (Lipinski definition) is 0. The summed E-state index contributed by atoms with van der Waals surface area (Å²) in [4.78, 5) is 26.5. The van der Waals surface area contributed by atoms with E-state index in [-0.39, 0.29) is 11.0 Å². The average molecular weight is 310 g/mol. The molecule has 0 atom stereocenters. The Morgan fingerprint density at radius 3 is 2.27 bits per heavy atom. The van der Waals surface area contributed by atoms with Gasteiger partial charge in [-0.15, -0.1) is 0 Å². The molecule has 2 aromatic carbocycles. The summed E-state index contributed by atoms with van der Waals surface area (Å²) in [5.74, 6) is -0.167. The van der Waals surface area contributed by atoms with Gasteiger partial charge in [-0.3, -0.25) is 9.59 Å². The number of rotatable bonds is 3. The first-order valence-electron chi connectivity index (χ1n) is 6.56. The van der Waals surface area contributed by atoms with Crippen molar-refractivity contribution in [3.8, 4) is 6.07 Å². The first-order valence-corrected chi connectivity index (χ1v) is 7.37. The zero-order chi connectivity index (χ0) is 16.1. The van der Waals surface area contributed by atoms with E-state index in [1.165, 1.54) is 4.90 Å². The predicted octanol–water partition coefficient (Wildman–Crippen LogP) is 3.56. The van der Waals surface area contributed by atoms with Crippen molar-refractivity contribution in [3.05, 3.63) is 65.2 Å². The highest BCUT2D eigenvalue weighted by Gasteiger charge is 2.16. The van der Waals surface area contributed by atoms with Crippen LogP contribution in [0.1, 0.15) is 21.5 Å². The fourth-order valence-corrected chi connectivity index (χ4v) is 2.57. The molecule has 0 bridgehead atoms. The van der Waals surface area contributed by atoms with E-state index in [9.17, 15) is 9.59 Å². The van der Waals surface area contributed by atoms with Crippen molar-refractivity contribution in [2.45, 2.75) is 4.90 Å². The van der Waals surface area contributed by atoms with E-state index in [0.717, 1.165) is 11.8 Å². The van der Waals surface area contributed by atoms with Crippen molar-refractivity contribution in [2.24, 2.45) is 0 Å². The highest BCUT2D eigenvalue weighted by Crippen LogP contribution is 2.26. The molecule has 0 N–H and O–H groups in total. The number of carbonyl (C=O) groups is 2. The van der Waals surface area contributed by atoms with Gasteiger partial charge in [0.05, 0.1) is 11.6 Å². The second-order valence-electron chi connectivity index (χ2n) is 4.78. The lowest BCUT2D eigenvalue weighted by molar-refractivity contribution is 0.103. The quantitative estimate of drug-likeness (QED) is 0.642. The molecule has 0 aliphatic carbocycles. The Bertz CT molecular complexity index is 746. The van der Waals surface area contributed by atoms with Crippen LogP contribution in [-0.2, 0) is 0 Å².